The number of aliphatic hydroxyl groups excluding tert-OH is 1. The van der Waals surface area contributed by atoms with Crippen LogP contribution in [0.5, 0.6) is 0 Å². The number of nitrogens with zero attached hydrogens (tertiary/aromatic N) is 1. The number of H-pyrrole nitrogens is 1. The lowest BCUT2D eigenvalue weighted by atomic mass is 10.1. The van der Waals surface area contributed by atoms with Crippen molar-refractivity contribution < 1.29 is 5.11 Å². The van der Waals surface area contributed by atoms with Crippen molar-refractivity contribution in [1.29, 1.82) is 0 Å². The summed E-state index contributed by atoms with van der Waals surface area (Å²) in [4.78, 5) is 8.05. The van der Waals surface area contributed by atoms with Gasteiger partial charge in [0.25, 0.3) is 0 Å². The highest BCUT2D eigenvalue weighted by Crippen LogP contribution is 2.25. The summed E-state index contributed by atoms with van der Waals surface area (Å²) in [6.07, 6.45) is 5.99. The summed E-state index contributed by atoms with van der Waals surface area (Å²) in [5.41, 5.74) is 3.84. The van der Waals surface area contributed by atoms with Crippen LogP contribution in [0, 0.1) is 12.8 Å². The Bertz CT molecular complexity index is 722. The van der Waals surface area contributed by atoms with E-state index in [9.17, 15) is 5.11 Å². The SMILES string of the molecule is CCNC(=NCC1CCCC1O)NCCc1c[nH]c2c(C)cccc12. The van der Waals surface area contributed by atoms with Crippen LogP contribution in [0.4, 0.5) is 0 Å². The lowest BCUT2D eigenvalue weighted by Crippen LogP contribution is -2.38. The normalized spacial score (nSPS) is 21.0. The second kappa shape index (κ2) is 8.39. The summed E-state index contributed by atoms with van der Waals surface area (Å²) < 4.78 is 0. The number of aromatic nitrogens is 1. The van der Waals surface area contributed by atoms with Gasteiger partial charge in [0, 0.05) is 42.7 Å². The summed E-state index contributed by atoms with van der Waals surface area (Å²) in [5.74, 6) is 1.16. The fourth-order valence-electron chi connectivity index (χ4n) is 3.67. The van der Waals surface area contributed by atoms with E-state index in [1.54, 1.807) is 0 Å². The number of hydrogen-bond acceptors (Lipinski definition) is 2. The van der Waals surface area contributed by atoms with Gasteiger partial charge in [0.15, 0.2) is 5.96 Å². The van der Waals surface area contributed by atoms with Gasteiger partial charge in [0.05, 0.1) is 6.10 Å². The number of aryl methyl sites for hydroxylation is 1. The first-order chi connectivity index (χ1) is 12.2. The Balaban J connectivity index is 1.56. The van der Waals surface area contributed by atoms with E-state index in [-0.39, 0.29) is 6.10 Å². The molecule has 2 unspecified atom stereocenters. The fourth-order valence-corrected chi connectivity index (χ4v) is 3.67. The van der Waals surface area contributed by atoms with Gasteiger partial charge >= 0.3 is 0 Å². The lowest BCUT2D eigenvalue weighted by molar-refractivity contribution is 0.136. The number of hydrogen-bond donors (Lipinski definition) is 4. The highest BCUT2D eigenvalue weighted by molar-refractivity contribution is 5.86. The predicted octanol–water partition coefficient (Wildman–Crippen LogP) is 2.73. The molecular weight excluding hydrogens is 312 g/mol. The average Bonchev–Trinajstić information content (AvgIpc) is 3.20. The zero-order valence-electron chi connectivity index (χ0n) is 15.3. The van der Waals surface area contributed by atoms with Crippen LogP contribution < -0.4 is 10.6 Å². The Labute approximate surface area is 149 Å². The molecule has 0 saturated heterocycles. The van der Waals surface area contributed by atoms with Gasteiger partial charge in [-0.25, -0.2) is 0 Å². The molecule has 1 aromatic heterocycles. The van der Waals surface area contributed by atoms with Gasteiger partial charge in [0.1, 0.15) is 0 Å². The van der Waals surface area contributed by atoms with Crippen molar-refractivity contribution >= 4 is 16.9 Å². The fraction of sp³-hybridized carbons (Fsp3) is 0.550. The summed E-state index contributed by atoms with van der Waals surface area (Å²) in [7, 11) is 0. The molecule has 136 valence electrons. The van der Waals surface area contributed by atoms with Crippen LogP contribution >= 0.6 is 0 Å². The Morgan fingerprint density at radius 1 is 1.32 bits per heavy atom. The minimum absolute atomic E-state index is 0.180. The first-order valence-electron chi connectivity index (χ1n) is 9.45. The Hall–Kier alpha value is -2.01. The smallest absolute Gasteiger partial charge is 0.191 e. The molecule has 1 aliphatic rings. The van der Waals surface area contributed by atoms with Crippen molar-refractivity contribution in [3.05, 3.63) is 35.5 Å². The first kappa shape index (κ1) is 17.8. The van der Waals surface area contributed by atoms with Crippen LogP contribution in [0.1, 0.15) is 37.3 Å². The number of guanidine groups is 1. The monoisotopic (exact) mass is 342 g/mol. The van der Waals surface area contributed by atoms with Crippen LogP contribution in [0.25, 0.3) is 10.9 Å². The first-order valence-corrected chi connectivity index (χ1v) is 9.45. The summed E-state index contributed by atoms with van der Waals surface area (Å²) in [6, 6.07) is 6.42. The summed E-state index contributed by atoms with van der Waals surface area (Å²) >= 11 is 0. The number of aliphatic hydroxyl groups is 1. The third-order valence-corrected chi connectivity index (χ3v) is 5.14. The van der Waals surface area contributed by atoms with E-state index in [2.05, 4.69) is 58.9 Å². The number of fused-ring (bicyclic) bond motifs is 1. The van der Waals surface area contributed by atoms with Gasteiger partial charge < -0.3 is 20.7 Å². The molecule has 0 amide bonds. The van der Waals surface area contributed by atoms with Gasteiger partial charge in [-0.3, -0.25) is 4.99 Å². The quantitative estimate of drug-likeness (QED) is 0.482. The molecule has 3 rings (SSSR count). The number of rotatable bonds is 6. The third kappa shape index (κ3) is 4.34. The lowest BCUT2D eigenvalue weighted by Gasteiger charge is -2.15. The van der Waals surface area contributed by atoms with Crippen molar-refractivity contribution in [2.24, 2.45) is 10.9 Å². The zero-order valence-corrected chi connectivity index (χ0v) is 15.3. The Kier molecular flexibility index (Phi) is 5.97. The van der Waals surface area contributed by atoms with Gasteiger partial charge in [-0.15, -0.1) is 0 Å². The van der Waals surface area contributed by atoms with Gasteiger partial charge in [-0.05, 0) is 44.2 Å². The second-order valence-electron chi connectivity index (χ2n) is 6.97. The van der Waals surface area contributed by atoms with Gasteiger partial charge in [0.2, 0.25) is 0 Å². The van der Waals surface area contributed by atoms with Crippen LogP contribution in [0.15, 0.2) is 29.4 Å². The maximum Gasteiger partial charge on any atom is 0.191 e. The standard InChI is InChI=1S/C20H30N4O/c1-3-21-20(24-13-16-7-5-9-18(16)25)22-11-10-15-12-23-19-14(2)6-4-8-17(15)19/h4,6,8,12,16,18,23,25H,3,5,7,9-11,13H2,1-2H3,(H2,21,22,24). The number of nitrogens with one attached hydrogen (secondary N) is 3. The summed E-state index contributed by atoms with van der Waals surface area (Å²) in [6.45, 7) is 6.58. The molecule has 1 saturated carbocycles. The molecular formula is C20H30N4O. The molecule has 4 N–H and O–H groups in total. The van der Waals surface area contributed by atoms with Crippen molar-refractivity contribution in [3.8, 4) is 0 Å². The molecule has 1 aromatic carbocycles. The maximum absolute atomic E-state index is 9.94. The molecule has 2 atom stereocenters. The molecule has 1 aliphatic carbocycles. The van der Waals surface area contributed by atoms with E-state index >= 15 is 0 Å². The Morgan fingerprint density at radius 3 is 2.96 bits per heavy atom. The van der Waals surface area contributed by atoms with Gasteiger partial charge in [-0.2, -0.15) is 0 Å². The highest BCUT2D eigenvalue weighted by Gasteiger charge is 2.24. The maximum atomic E-state index is 9.94. The topological polar surface area (TPSA) is 72.4 Å². The third-order valence-electron chi connectivity index (χ3n) is 5.14. The molecule has 5 heteroatoms. The summed E-state index contributed by atoms with van der Waals surface area (Å²) in [5, 5.41) is 18.0. The van der Waals surface area contributed by atoms with Crippen molar-refractivity contribution in [3.63, 3.8) is 0 Å². The molecule has 0 aliphatic heterocycles. The predicted molar refractivity (Wildman–Crippen MR) is 104 cm³/mol. The van der Waals surface area contributed by atoms with Crippen molar-refractivity contribution in [2.75, 3.05) is 19.6 Å². The average molecular weight is 342 g/mol. The number of benzene rings is 1. The second-order valence-corrected chi connectivity index (χ2v) is 6.97. The van der Waals surface area contributed by atoms with E-state index in [1.807, 2.05) is 0 Å². The van der Waals surface area contributed by atoms with E-state index in [1.165, 1.54) is 22.0 Å². The molecule has 0 bridgehead atoms. The van der Waals surface area contributed by atoms with Crippen molar-refractivity contribution in [1.82, 2.24) is 15.6 Å². The molecule has 2 aromatic rings. The molecule has 0 radical (unpaired) electrons. The molecule has 1 fully saturated rings. The highest BCUT2D eigenvalue weighted by atomic mass is 16.3. The van der Waals surface area contributed by atoms with Gasteiger partial charge in [-0.1, -0.05) is 24.6 Å². The van der Waals surface area contributed by atoms with Crippen LogP contribution in [-0.2, 0) is 6.42 Å². The van der Waals surface area contributed by atoms with Crippen molar-refractivity contribution in [2.45, 2.75) is 45.6 Å². The van der Waals surface area contributed by atoms with E-state index in [0.717, 1.165) is 44.7 Å². The largest absolute Gasteiger partial charge is 0.393 e. The number of para-hydroxylation sites is 1. The van der Waals surface area contributed by atoms with E-state index in [0.29, 0.717) is 12.5 Å². The van der Waals surface area contributed by atoms with Crippen LogP contribution in [0.2, 0.25) is 0 Å². The van der Waals surface area contributed by atoms with E-state index in [4.69, 9.17) is 0 Å². The molecule has 0 spiro atoms. The Morgan fingerprint density at radius 2 is 2.20 bits per heavy atom. The molecule has 1 heterocycles. The molecule has 25 heavy (non-hydrogen) atoms. The molecule has 5 nitrogen and oxygen atoms in total. The van der Waals surface area contributed by atoms with Crippen LogP contribution in [-0.4, -0.2) is 41.8 Å². The number of aromatic amines is 1. The zero-order chi connectivity index (χ0) is 17.6. The minimum atomic E-state index is -0.180. The van der Waals surface area contributed by atoms with E-state index < -0.39 is 0 Å². The van der Waals surface area contributed by atoms with Crippen LogP contribution in [0.3, 0.4) is 0 Å². The number of aliphatic imine (C=N–C) groups is 1. The minimum Gasteiger partial charge on any atom is -0.393 e.